The standard InChI is InChI=1S/C17H23BrFNO/c18-14-6-4-5-13(15(14)19)16(20)12-7-10-21-17(11-12)8-2-1-3-9-17/h4-6,12,16H,1-3,7-11,20H2. The predicted molar refractivity (Wildman–Crippen MR) is 85.5 cm³/mol. The lowest BCUT2D eigenvalue weighted by molar-refractivity contribution is -0.120. The van der Waals surface area contributed by atoms with Crippen LogP contribution in [0.2, 0.25) is 0 Å². The summed E-state index contributed by atoms with van der Waals surface area (Å²) in [4.78, 5) is 0. The van der Waals surface area contributed by atoms with Crippen LogP contribution in [0.25, 0.3) is 0 Å². The van der Waals surface area contributed by atoms with Crippen LogP contribution in [0, 0.1) is 11.7 Å². The second-order valence-corrected chi connectivity index (χ2v) is 7.37. The highest BCUT2D eigenvalue weighted by molar-refractivity contribution is 9.10. The van der Waals surface area contributed by atoms with E-state index in [9.17, 15) is 4.39 Å². The monoisotopic (exact) mass is 355 g/mol. The van der Waals surface area contributed by atoms with Crippen molar-refractivity contribution in [3.05, 3.63) is 34.1 Å². The third kappa shape index (κ3) is 3.17. The van der Waals surface area contributed by atoms with Crippen molar-refractivity contribution in [2.45, 2.75) is 56.6 Å². The van der Waals surface area contributed by atoms with Crippen molar-refractivity contribution in [3.8, 4) is 0 Å². The molecule has 116 valence electrons. The zero-order valence-electron chi connectivity index (χ0n) is 12.3. The Bertz CT molecular complexity index is 496. The molecule has 2 fully saturated rings. The van der Waals surface area contributed by atoms with Crippen LogP contribution >= 0.6 is 15.9 Å². The first kappa shape index (κ1) is 15.4. The van der Waals surface area contributed by atoms with Crippen LogP contribution < -0.4 is 5.73 Å². The molecule has 1 saturated carbocycles. The summed E-state index contributed by atoms with van der Waals surface area (Å²) < 4.78 is 20.9. The smallest absolute Gasteiger partial charge is 0.142 e. The third-order valence-corrected chi connectivity index (χ3v) is 5.76. The van der Waals surface area contributed by atoms with Gasteiger partial charge >= 0.3 is 0 Å². The molecule has 4 heteroatoms. The van der Waals surface area contributed by atoms with Crippen LogP contribution in [0.5, 0.6) is 0 Å². The van der Waals surface area contributed by atoms with Crippen molar-refractivity contribution in [1.82, 2.24) is 0 Å². The Morgan fingerprint density at radius 2 is 2.05 bits per heavy atom. The molecule has 1 aromatic rings. The maximum Gasteiger partial charge on any atom is 0.142 e. The highest BCUT2D eigenvalue weighted by atomic mass is 79.9. The average molecular weight is 356 g/mol. The molecule has 0 aromatic heterocycles. The third-order valence-electron chi connectivity index (χ3n) is 5.14. The lowest BCUT2D eigenvalue weighted by Crippen LogP contribution is -2.44. The highest BCUT2D eigenvalue weighted by Crippen LogP contribution is 2.44. The summed E-state index contributed by atoms with van der Waals surface area (Å²) in [6.07, 6.45) is 7.96. The second kappa shape index (κ2) is 6.35. The number of ether oxygens (including phenoxy) is 1. The van der Waals surface area contributed by atoms with Crippen molar-refractivity contribution in [1.29, 1.82) is 0 Å². The van der Waals surface area contributed by atoms with Crippen molar-refractivity contribution in [2.75, 3.05) is 6.61 Å². The minimum atomic E-state index is -0.245. The first-order valence-electron chi connectivity index (χ1n) is 7.95. The van der Waals surface area contributed by atoms with Gasteiger partial charge in [-0.25, -0.2) is 4.39 Å². The van der Waals surface area contributed by atoms with E-state index in [1.807, 2.05) is 12.1 Å². The van der Waals surface area contributed by atoms with E-state index in [4.69, 9.17) is 10.5 Å². The fraction of sp³-hybridized carbons (Fsp3) is 0.647. The normalized spacial score (nSPS) is 26.7. The molecule has 2 atom stereocenters. The fourth-order valence-corrected chi connectivity index (χ4v) is 4.33. The summed E-state index contributed by atoms with van der Waals surface area (Å²) >= 11 is 3.25. The Hall–Kier alpha value is -0.450. The Balaban J connectivity index is 1.78. The van der Waals surface area contributed by atoms with E-state index in [1.54, 1.807) is 6.07 Å². The largest absolute Gasteiger partial charge is 0.375 e. The van der Waals surface area contributed by atoms with Crippen molar-refractivity contribution >= 4 is 15.9 Å². The van der Waals surface area contributed by atoms with Gasteiger partial charge in [0.15, 0.2) is 0 Å². The quantitative estimate of drug-likeness (QED) is 0.832. The Kier molecular flexibility index (Phi) is 4.67. The summed E-state index contributed by atoms with van der Waals surface area (Å²) in [5.74, 6) is 0.0924. The molecule has 1 aliphatic carbocycles. The molecule has 2 N–H and O–H groups in total. The summed E-state index contributed by atoms with van der Waals surface area (Å²) in [6.45, 7) is 0.758. The lowest BCUT2D eigenvalue weighted by atomic mass is 9.73. The number of halogens is 2. The molecule has 0 radical (unpaired) electrons. The van der Waals surface area contributed by atoms with Crippen LogP contribution in [-0.2, 0) is 4.74 Å². The van der Waals surface area contributed by atoms with Gasteiger partial charge in [0.2, 0.25) is 0 Å². The number of hydrogen-bond donors (Lipinski definition) is 1. The summed E-state index contributed by atoms with van der Waals surface area (Å²) in [6, 6.07) is 5.15. The van der Waals surface area contributed by atoms with Crippen LogP contribution in [0.1, 0.15) is 56.6 Å². The van der Waals surface area contributed by atoms with Gasteiger partial charge in [-0.2, -0.15) is 0 Å². The molecular formula is C17H23BrFNO. The van der Waals surface area contributed by atoms with E-state index in [0.29, 0.717) is 16.0 Å². The van der Waals surface area contributed by atoms with Gasteiger partial charge < -0.3 is 10.5 Å². The molecule has 1 heterocycles. The number of benzene rings is 1. The SMILES string of the molecule is NC(c1cccc(Br)c1F)C1CCOC2(CCCCC2)C1. The van der Waals surface area contributed by atoms with E-state index in [2.05, 4.69) is 15.9 Å². The molecule has 1 saturated heterocycles. The second-order valence-electron chi connectivity index (χ2n) is 6.51. The number of hydrogen-bond acceptors (Lipinski definition) is 2. The van der Waals surface area contributed by atoms with Crippen LogP contribution in [-0.4, -0.2) is 12.2 Å². The molecule has 3 rings (SSSR count). The van der Waals surface area contributed by atoms with Crippen molar-refractivity contribution in [2.24, 2.45) is 11.7 Å². The predicted octanol–water partition coefficient (Wildman–Crippen LogP) is 4.72. The minimum absolute atomic E-state index is 0.0152. The van der Waals surface area contributed by atoms with E-state index in [1.165, 1.54) is 19.3 Å². The maximum atomic E-state index is 14.3. The topological polar surface area (TPSA) is 35.2 Å². The molecule has 2 aliphatic rings. The van der Waals surface area contributed by atoms with Crippen LogP contribution in [0.4, 0.5) is 4.39 Å². The van der Waals surface area contributed by atoms with E-state index in [-0.39, 0.29) is 17.5 Å². The maximum absolute atomic E-state index is 14.3. The minimum Gasteiger partial charge on any atom is -0.375 e. The van der Waals surface area contributed by atoms with Crippen LogP contribution in [0.15, 0.2) is 22.7 Å². The molecule has 1 aliphatic heterocycles. The Morgan fingerprint density at radius 3 is 2.81 bits per heavy atom. The lowest BCUT2D eigenvalue weighted by Gasteiger charge is -2.45. The first-order valence-corrected chi connectivity index (χ1v) is 8.74. The Labute approximate surface area is 134 Å². The van der Waals surface area contributed by atoms with Gasteiger partial charge in [0.05, 0.1) is 10.1 Å². The highest BCUT2D eigenvalue weighted by Gasteiger charge is 2.40. The van der Waals surface area contributed by atoms with Crippen molar-refractivity contribution in [3.63, 3.8) is 0 Å². The average Bonchev–Trinajstić information content (AvgIpc) is 2.50. The van der Waals surface area contributed by atoms with Crippen LogP contribution in [0.3, 0.4) is 0 Å². The van der Waals surface area contributed by atoms with Gasteiger partial charge in [0.25, 0.3) is 0 Å². The summed E-state index contributed by atoms with van der Waals surface area (Å²) in [5.41, 5.74) is 7.06. The summed E-state index contributed by atoms with van der Waals surface area (Å²) in [7, 11) is 0. The molecule has 2 nitrogen and oxygen atoms in total. The number of nitrogens with two attached hydrogens (primary N) is 1. The molecule has 0 amide bonds. The zero-order valence-corrected chi connectivity index (χ0v) is 13.9. The first-order chi connectivity index (χ1) is 10.1. The molecule has 21 heavy (non-hydrogen) atoms. The van der Waals surface area contributed by atoms with Gasteiger partial charge in [-0.1, -0.05) is 31.4 Å². The van der Waals surface area contributed by atoms with E-state index < -0.39 is 0 Å². The van der Waals surface area contributed by atoms with E-state index in [0.717, 1.165) is 32.3 Å². The van der Waals surface area contributed by atoms with Gasteiger partial charge in [-0.3, -0.25) is 0 Å². The van der Waals surface area contributed by atoms with Gasteiger partial charge in [0, 0.05) is 18.2 Å². The molecule has 0 bridgehead atoms. The molecule has 2 unspecified atom stereocenters. The zero-order chi connectivity index (χ0) is 14.9. The molecule has 1 aromatic carbocycles. The summed E-state index contributed by atoms with van der Waals surface area (Å²) in [5, 5.41) is 0. The Morgan fingerprint density at radius 1 is 1.29 bits per heavy atom. The van der Waals surface area contributed by atoms with Gasteiger partial charge in [-0.05, 0) is 53.6 Å². The fourth-order valence-electron chi connectivity index (χ4n) is 3.95. The number of rotatable bonds is 2. The van der Waals surface area contributed by atoms with Gasteiger partial charge in [-0.15, -0.1) is 0 Å². The van der Waals surface area contributed by atoms with Gasteiger partial charge in [0.1, 0.15) is 5.82 Å². The molecule has 1 spiro atoms. The van der Waals surface area contributed by atoms with E-state index >= 15 is 0 Å². The molecular weight excluding hydrogens is 333 g/mol. The van der Waals surface area contributed by atoms with Crippen molar-refractivity contribution < 1.29 is 9.13 Å².